The highest BCUT2D eigenvalue weighted by molar-refractivity contribution is 5.91. The maximum Gasteiger partial charge on any atom is 0.379 e. The van der Waals surface area contributed by atoms with Crippen LogP contribution in [0.2, 0.25) is 0 Å². The first-order valence-corrected chi connectivity index (χ1v) is 11.6. The molecule has 2 saturated carbocycles. The molecule has 2 nitrogen and oxygen atoms in total. The highest BCUT2D eigenvalue weighted by atomic mass is 19.3. The van der Waals surface area contributed by atoms with Crippen molar-refractivity contribution in [2.75, 3.05) is 0 Å². The molecule has 160 valence electrons. The van der Waals surface area contributed by atoms with Crippen LogP contribution in [0.5, 0.6) is 0 Å². The largest absolute Gasteiger partial charge is 0.379 e. The third kappa shape index (κ3) is 4.45. The summed E-state index contributed by atoms with van der Waals surface area (Å²) in [7, 11) is 0. The number of aryl methyl sites for hydroxylation is 1. The number of carbonyl (C=O) groups excluding carboxylic acids is 1. The first kappa shape index (κ1) is 21.1. The molecule has 4 atom stereocenters. The van der Waals surface area contributed by atoms with Gasteiger partial charge >= 0.3 is 5.97 Å². The average molecular weight is 409 g/mol. The van der Waals surface area contributed by atoms with E-state index in [-0.39, 0.29) is 5.56 Å². The first-order chi connectivity index (χ1) is 14.6. The van der Waals surface area contributed by atoms with Crippen LogP contribution in [0.4, 0.5) is 4.53 Å². The minimum atomic E-state index is -0.923. The molecule has 0 saturated heterocycles. The predicted octanol–water partition coefficient (Wildman–Crippen LogP) is 7.80. The van der Waals surface area contributed by atoms with Crippen LogP contribution in [0.15, 0.2) is 42.5 Å². The predicted molar refractivity (Wildman–Crippen MR) is 119 cm³/mol. The molecule has 2 aliphatic rings. The molecule has 4 rings (SSSR count). The Kier molecular flexibility index (Phi) is 6.55. The summed E-state index contributed by atoms with van der Waals surface area (Å²) in [5.41, 5.74) is 4.89. The lowest BCUT2D eigenvalue weighted by Crippen LogP contribution is -2.30. The lowest BCUT2D eigenvalue weighted by molar-refractivity contribution is -0.0788. The van der Waals surface area contributed by atoms with Crippen molar-refractivity contribution in [1.29, 1.82) is 0 Å². The van der Waals surface area contributed by atoms with Crippen LogP contribution in [-0.4, -0.2) is 5.97 Å². The normalized spacial score (nSPS) is 26.1. The van der Waals surface area contributed by atoms with Gasteiger partial charge in [0.05, 0.1) is 5.56 Å². The van der Waals surface area contributed by atoms with Gasteiger partial charge in [0.25, 0.3) is 0 Å². The summed E-state index contributed by atoms with van der Waals surface area (Å²) in [5, 5.41) is 0. The number of fused-ring (bicyclic) bond motifs is 1. The minimum absolute atomic E-state index is 0.269. The molecule has 0 spiro atoms. The van der Waals surface area contributed by atoms with Gasteiger partial charge in [0, 0.05) is 4.53 Å². The van der Waals surface area contributed by atoms with E-state index in [0.29, 0.717) is 5.92 Å². The molecule has 0 amide bonds. The Hall–Kier alpha value is -2.16. The van der Waals surface area contributed by atoms with Crippen LogP contribution in [0.25, 0.3) is 11.1 Å². The van der Waals surface area contributed by atoms with Crippen molar-refractivity contribution in [2.24, 2.45) is 17.8 Å². The summed E-state index contributed by atoms with van der Waals surface area (Å²) in [6.07, 6.45) is 10.6. The van der Waals surface area contributed by atoms with E-state index in [1.807, 2.05) is 12.1 Å². The SMILES string of the molecule is CCC[C@H]1CC[C@@H]2CC(c3ccc(C(=O)OF)cc3-c3ccc(C)cc3)CC[C@H]2C1. The van der Waals surface area contributed by atoms with E-state index in [9.17, 15) is 9.32 Å². The second-order valence-electron chi connectivity index (χ2n) is 9.53. The molecule has 3 heteroatoms. The van der Waals surface area contributed by atoms with Gasteiger partial charge < -0.3 is 0 Å². The van der Waals surface area contributed by atoms with Crippen LogP contribution in [0.1, 0.15) is 85.7 Å². The zero-order valence-electron chi connectivity index (χ0n) is 18.2. The van der Waals surface area contributed by atoms with E-state index < -0.39 is 5.97 Å². The fraction of sp³-hybridized carbons (Fsp3) is 0.519. The van der Waals surface area contributed by atoms with Crippen LogP contribution < -0.4 is 0 Å². The highest BCUT2D eigenvalue weighted by Crippen LogP contribution is 2.49. The second-order valence-corrected chi connectivity index (χ2v) is 9.53. The smallest absolute Gasteiger partial charge is 0.249 e. The van der Waals surface area contributed by atoms with Crippen molar-refractivity contribution in [3.05, 3.63) is 59.2 Å². The molecule has 0 heterocycles. The molecule has 2 aliphatic carbocycles. The summed E-state index contributed by atoms with van der Waals surface area (Å²) in [6.45, 7) is 4.37. The number of benzene rings is 2. The number of rotatable bonds is 5. The average Bonchev–Trinajstić information content (AvgIpc) is 2.78. The molecule has 1 unspecified atom stereocenters. The molecule has 2 aromatic rings. The monoisotopic (exact) mass is 408 g/mol. The standard InChI is InChI=1S/C27H33FO2/c1-3-4-19-7-10-22-16-23(12-11-21(22)15-19)25-14-13-24(27(29)30-28)17-26(25)20-8-5-18(2)6-9-20/h5-6,8-9,13-14,17,19,21-23H,3-4,7,10-12,15-16H2,1-2H3/t19-,21-,22+,23?/m0/s1. The van der Waals surface area contributed by atoms with Gasteiger partial charge in [0.2, 0.25) is 0 Å². The Morgan fingerprint density at radius 1 is 1.00 bits per heavy atom. The van der Waals surface area contributed by atoms with Gasteiger partial charge in [-0.05, 0) is 91.5 Å². The number of hydrogen-bond donors (Lipinski definition) is 0. The van der Waals surface area contributed by atoms with E-state index >= 15 is 0 Å². The molecular weight excluding hydrogens is 375 g/mol. The lowest BCUT2D eigenvalue weighted by atomic mass is 9.63. The van der Waals surface area contributed by atoms with Gasteiger partial charge in [-0.2, -0.15) is 0 Å². The van der Waals surface area contributed by atoms with E-state index in [1.165, 1.54) is 62.5 Å². The lowest BCUT2D eigenvalue weighted by Gasteiger charge is -2.42. The Bertz CT molecular complexity index is 873. The van der Waals surface area contributed by atoms with Crippen molar-refractivity contribution < 1.29 is 14.3 Å². The number of halogens is 1. The Morgan fingerprint density at radius 2 is 1.73 bits per heavy atom. The van der Waals surface area contributed by atoms with E-state index in [2.05, 4.69) is 43.1 Å². The van der Waals surface area contributed by atoms with Gasteiger partial charge in [0.1, 0.15) is 0 Å². The molecule has 0 N–H and O–H groups in total. The van der Waals surface area contributed by atoms with Gasteiger partial charge in [-0.15, -0.1) is 0 Å². The molecule has 30 heavy (non-hydrogen) atoms. The van der Waals surface area contributed by atoms with Crippen LogP contribution in [-0.2, 0) is 4.94 Å². The summed E-state index contributed by atoms with van der Waals surface area (Å²) in [6, 6.07) is 13.9. The van der Waals surface area contributed by atoms with Gasteiger partial charge in [-0.3, -0.25) is 0 Å². The summed E-state index contributed by atoms with van der Waals surface area (Å²) < 4.78 is 12.5. The molecule has 0 bridgehead atoms. The molecule has 0 aliphatic heterocycles. The van der Waals surface area contributed by atoms with E-state index in [4.69, 9.17) is 0 Å². The third-order valence-corrected chi connectivity index (χ3v) is 7.58. The van der Waals surface area contributed by atoms with Crippen LogP contribution in [0.3, 0.4) is 0 Å². The second kappa shape index (κ2) is 9.32. The fourth-order valence-corrected chi connectivity index (χ4v) is 6.01. The Morgan fingerprint density at radius 3 is 2.47 bits per heavy atom. The van der Waals surface area contributed by atoms with Crippen molar-refractivity contribution in [3.8, 4) is 11.1 Å². The van der Waals surface area contributed by atoms with E-state index in [0.717, 1.165) is 28.9 Å². The zero-order chi connectivity index (χ0) is 21.1. The first-order valence-electron chi connectivity index (χ1n) is 11.6. The number of hydrogen-bond acceptors (Lipinski definition) is 2. The maximum absolute atomic E-state index is 12.5. The topological polar surface area (TPSA) is 26.3 Å². The van der Waals surface area contributed by atoms with Gasteiger partial charge in [-0.1, -0.05) is 62.1 Å². The fourth-order valence-electron chi connectivity index (χ4n) is 6.01. The van der Waals surface area contributed by atoms with Crippen LogP contribution >= 0.6 is 0 Å². The Balaban J connectivity index is 1.61. The summed E-state index contributed by atoms with van der Waals surface area (Å²) in [5.74, 6) is 2.21. The highest BCUT2D eigenvalue weighted by Gasteiger charge is 2.36. The molecule has 2 fully saturated rings. The van der Waals surface area contributed by atoms with Crippen molar-refractivity contribution >= 4 is 5.97 Å². The molecule has 0 aromatic heterocycles. The maximum atomic E-state index is 12.5. The zero-order valence-corrected chi connectivity index (χ0v) is 18.2. The molecule has 2 aromatic carbocycles. The van der Waals surface area contributed by atoms with Crippen LogP contribution in [0, 0.1) is 24.7 Å². The quantitative estimate of drug-likeness (QED) is 0.504. The van der Waals surface area contributed by atoms with Crippen molar-refractivity contribution in [3.63, 3.8) is 0 Å². The Labute approximate surface area is 179 Å². The van der Waals surface area contributed by atoms with Gasteiger partial charge in [-0.25, -0.2) is 9.74 Å². The number of carbonyl (C=O) groups is 1. The molecular formula is C27H33FO2. The van der Waals surface area contributed by atoms with Crippen molar-refractivity contribution in [1.82, 2.24) is 0 Å². The summed E-state index contributed by atoms with van der Waals surface area (Å²) >= 11 is 0. The van der Waals surface area contributed by atoms with E-state index in [1.54, 1.807) is 6.07 Å². The van der Waals surface area contributed by atoms with Gasteiger partial charge in [0.15, 0.2) is 0 Å². The minimum Gasteiger partial charge on any atom is -0.249 e. The van der Waals surface area contributed by atoms with Crippen molar-refractivity contribution in [2.45, 2.75) is 71.1 Å². The molecule has 0 radical (unpaired) electrons. The summed E-state index contributed by atoms with van der Waals surface area (Å²) in [4.78, 5) is 15.3. The third-order valence-electron chi connectivity index (χ3n) is 7.58.